The van der Waals surface area contributed by atoms with Gasteiger partial charge >= 0.3 is 0 Å². The molecule has 1 fully saturated rings. The van der Waals surface area contributed by atoms with Gasteiger partial charge in [-0.1, -0.05) is 6.07 Å². The van der Waals surface area contributed by atoms with E-state index in [0.29, 0.717) is 18.0 Å². The molecule has 4 nitrogen and oxygen atoms in total. The average molecular weight is 276 g/mol. The van der Waals surface area contributed by atoms with Crippen LogP contribution in [0.4, 0.5) is 4.39 Å². The molecule has 1 N–H and O–H groups in total. The highest BCUT2D eigenvalue weighted by Crippen LogP contribution is 2.21. The quantitative estimate of drug-likeness (QED) is 0.935. The van der Waals surface area contributed by atoms with Gasteiger partial charge in [0.15, 0.2) is 0 Å². The Morgan fingerprint density at radius 1 is 1.35 bits per heavy atom. The number of aromatic nitrogens is 1. The fourth-order valence-corrected chi connectivity index (χ4v) is 2.44. The van der Waals surface area contributed by atoms with Gasteiger partial charge in [-0.05, 0) is 31.0 Å². The number of piperidine rings is 1. The molecule has 2 heterocycles. The zero-order valence-corrected chi connectivity index (χ0v) is 11.1. The van der Waals surface area contributed by atoms with Crippen molar-refractivity contribution in [2.45, 2.75) is 25.5 Å². The van der Waals surface area contributed by atoms with Gasteiger partial charge < -0.3 is 9.52 Å². The van der Waals surface area contributed by atoms with Crippen molar-refractivity contribution in [2.75, 3.05) is 13.1 Å². The van der Waals surface area contributed by atoms with Crippen molar-refractivity contribution in [3.05, 3.63) is 42.0 Å². The molecule has 0 bridgehead atoms. The van der Waals surface area contributed by atoms with Crippen molar-refractivity contribution in [3.8, 4) is 11.5 Å². The Kier molecular flexibility index (Phi) is 3.80. The van der Waals surface area contributed by atoms with E-state index in [4.69, 9.17) is 4.42 Å². The van der Waals surface area contributed by atoms with Crippen LogP contribution in [-0.4, -0.2) is 34.2 Å². The molecular formula is C15H17FN2O2. The van der Waals surface area contributed by atoms with Gasteiger partial charge in [-0.25, -0.2) is 9.37 Å². The number of nitrogens with zero attached hydrogens (tertiary/aromatic N) is 2. The van der Waals surface area contributed by atoms with E-state index in [1.54, 1.807) is 18.4 Å². The van der Waals surface area contributed by atoms with E-state index in [1.165, 1.54) is 12.1 Å². The third-order valence-corrected chi connectivity index (χ3v) is 3.57. The minimum atomic E-state index is -0.299. The Morgan fingerprint density at radius 3 is 2.90 bits per heavy atom. The van der Waals surface area contributed by atoms with Crippen LogP contribution in [0.25, 0.3) is 11.5 Å². The Labute approximate surface area is 116 Å². The Bertz CT molecular complexity index is 577. The zero-order valence-electron chi connectivity index (χ0n) is 11.1. The second kappa shape index (κ2) is 5.73. The van der Waals surface area contributed by atoms with Crippen molar-refractivity contribution < 1.29 is 13.9 Å². The molecule has 0 unspecified atom stereocenters. The van der Waals surface area contributed by atoms with E-state index >= 15 is 0 Å². The summed E-state index contributed by atoms with van der Waals surface area (Å²) in [7, 11) is 0. The lowest BCUT2D eigenvalue weighted by Crippen LogP contribution is -2.35. The Balaban J connectivity index is 1.68. The summed E-state index contributed by atoms with van der Waals surface area (Å²) in [4.78, 5) is 6.63. The molecule has 2 aromatic rings. The molecule has 1 saturated heterocycles. The van der Waals surface area contributed by atoms with Crippen molar-refractivity contribution in [1.82, 2.24) is 9.88 Å². The lowest BCUT2D eigenvalue weighted by atomic mass is 10.1. The standard InChI is InChI=1S/C15H17FN2O2/c16-12-3-1-2-11(8-12)15-17-13(10-20-15)9-18-6-4-14(19)5-7-18/h1-3,8,10,14,19H,4-7,9H2. The third kappa shape index (κ3) is 3.05. The molecule has 0 saturated carbocycles. The Hall–Kier alpha value is -1.72. The summed E-state index contributed by atoms with van der Waals surface area (Å²) < 4.78 is 18.6. The maximum Gasteiger partial charge on any atom is 0.226 e. The van der Waals surface area contributed by atoms with Gasteiger partial charge in [-0.3, -0.25) is 4.90 Å². The first kappa shape index (κ1) is 13.3. The minimum Gasteiger partial charge on any atom is -0.444 e. The van der Waals surface area contributed by atoms with Crippen LogP contribution in [0.5, 0.6) is 0 Å². The molecule has 1 aliphatic heterocycles. The van der Waals surface area contributed by atoms with E-state index in [2.05, 4.69) is 9.88 Å². The highest BCUT2D eigenvalue weighted by molar-refractivity contribution is 5.52. The normalized spacial score (nSPS) is 17.5. The molecule has 0 radical (unpaired) electrons. The number of aliphatic hydroxyl groups is 1. The summed E-state index contributed by atoms with van der Waals surface area (Å²) in [6.45, 7) is 2.43. The van der Waals surface area contributed by atoms with E-state index < -0.39 is 0 Å². The van der Waals surface area contributed by atoms with Crippen molar-refractivity contribution >= 4 is 0 Å². The molecular weight excluding hydrogens is 259 g/mol. The summed E-state index contributed by atoms with van der Waals surface area (Å²) in [5.74, 6) is 0.142. The number of oxazole rings is 1. The highest BCUT2D eigenvalue weighted by Gasteiger charge is 2.18. The van der Waals surface area contributed by atoms with Crippen LogP contribution in [0.1, 0.15) is 18.5 Å². The fourth-order valence-electron chi connectivity index (χ4n) is 2.44. The largest absolute Gasteiger partial charge is 0.444 e. The fraction of sp³-hybridized carbons (Fsp3) is 0.400. The second-order valence-corrected chi connectivity index (χ2v) is 5.16. The molecule has 1 aromatic heterocycles. The summed E-state index contributed by atoms with van der Waals surface area (Å²) >= 11 is 0. The Morgan fingerprint density at radius 2 is 2.15 bits per heavy atom. The average Bonchev–Trinajstić information content (AvgIpc) is 2.90. The van der Waals surface area contributed by atoms with Gasteiger partial charge in [-0.15, -0.1) is 0 Å². The molecule has 1 aromatic carbocycles. The first-order valence-corrected chi connectivity index (χ1v) is 6.81. The van der Waals surface area contributed by atoms with Crippen molar-refractivity contribution in [2.24, 2.45) is 0 Å². The molecule has 1 aliphatic rings. The number of benzene rings is 1. The third-order valence-electron chi connectivity index (χ3n) is 3.57. The SMILES string of the molecule is OC1CCN(Cc2coc(-c3cccc(F)c3)n2)CC1. The summed E-state index contributed by atoms with van der Waals surface area (Å²) in [6, 6.07) is 6.22. The van der Waals surface area contributed by atoms with E-state index in [0.717, 1.165) is 31.6 Å². The predicted octanol–water partition coefficient (Wildman–Crippen LogP) is 2.44. The van der Waals surface area contributed by atoms with Crippen LogP contribution < -0.4 is 0 Å². The number of hydrogen-bond donors (Lipinski definition) is 1. The van der Waals surface area contributed by atoms with Gasteiger partial charge in [0.1, 0.15) is 12.1 Å². The van der Waals surface area contributed by atoms with Gasteiger partial charge in [0, 0.05) is 25.2 Å². The molecule has 3 rings (SSSR count). The number of aliphatic hydroxyl groups excluding tert-OH is 1. The van der Waals surface area contributed by atoms with Crippen LogP contribution in [0, 0.1) is 5.82 Å². The van der Waals surface area contributed by atoms with Gasteiger partial charge in [0.05, 0.1) is 11.8 Å². The number of rotatable bonds is 3. The maximum absolute atomic E-state index is 13.2. The van der Waals surface area contributed by atoms with Crippen LogP contribution >= 0.6 is 0 Å². The summed E-state index contributed by atoms with van der Waals surface area (Å²) in [6.07, 6.45) is 3.04. The van der Waals surface area contributed by atoms with E-state index in [1.807, 2.05) is 0 Å². The van der Waals surface area contributed by atoms with Crippen molar-refractivity contribution in [1.29, 1.82) is 0 Å². The second-order valence-electron chi connectivity index (χ2n) is 5.16. The molecule has 20 heavy (non-hydrogen) atoms. The monoisotopic (exact) mass is 276 g/mol. The number of halogens is 1. The van der Waals surface area contributed by atoms with E-state index in [-0.39, 0.29) is 11.9 Å². The van der Waals surface area contributed by atoms with Crippen LogP contribution in [0.3, 0.4) is 0 Å². The molecule has 0 aliphatic carbocycles. The van der Waals surface area contributed by atoms with Crippen molar-refractivity contribution in [3.63, 3.8) is 0 Å². The first-order chi connectivity index (χ1) is 9.70. The number of likely N-dealkylation sites (tertiary alicyclic amines) is 1. The first-order valence-electron chi connectivity index (χ1n) is 6.81. The smallest absolute Gasteiger partial charge is 0.226 e. The van der Waals surface area contributed by atoms with E-state index in [9.17, 15) is 9.50 Å². The summed E-state index contributed by atoms with van der Waals surface area (Å²) in [5.41, 5.74) is 1.48. The molecule has 0 amide bonds. The lowest BCUT2D eigenvalue weighted by molar-refractivity contribution is 0.0786. The topological polar surface area (TPSA) is 49.5 Å². The molecule has 0 atom stereocenters. The van der Waals surface area contributed by atoms with Crippen LogP contribution in [0.2, 0.25) is 0 Å². The maximum atomic E-state index is 13.2. The summed E-state index contributed by atoms with van der Waals surface area (Å²) in [5, 5.41) is 9.48. The van der Waals surface area contributed by atoms with Crippen LogP contribution in [-0.2, 0) is 6.54 Å². The molecule has 106 valence electrons. The predicted molar refractivity (Wildman–Crippen MR) is 72.4 cm³/mol. The number of hydrogen-bond acceptors (Lipinski definition) is 4. The highest BCUT2D eigenvalue weighted by atomic mass is 19.1. The van der Waals surface area contributed by atoms with Crippen LogP contribution in [0.15, 0.2) is 34.9 Å². The van der Waals surface area contributed by atoms with Gasteiger partial charge in [-0.2, -0.15) is 0 Å². The minimum absolute atomic E-state index is 0.175. The molecule has 0 spiro atoms. The van der Waals surface area contributed by atoms with Gasteiger partial charge in [0.25, 0.3) is 0 Å². The lowest BCUT2D eigenvalue weighted by Gasteiger charge is -2.28. The zero-order chi connectivity index (χ0) is 13.9. The molecule has 5 heteroatoms. The van der Waals surface area contributed by atoms with Gasteiger partial charge in [0.2, 0.25) is 5.89 Å².